The first-order valence-corrected chi connectivity index (χ1v) is 7.05. The largest absolute Gasteiger partial charge is 0.326 e. The van der Waals surface area contributed by atoms with Crippen LogP contribution in [0.3, 0.4) is 0 Å². The number of benzene rings is 1. The fourth-order valence-corrected chi connectivity index (χ4v) is 2.01. The first-order chi connectivity index (χ1) is 10.2. The Balaban J connectivity index is 0.00000242. The molecule has 0 saturated carbocycles. The van der Waals surface area contributed by atoms with Crippen molar-refractivity contribution < 1.29 is 4.79 Å². The third-order valence-corrected chi connectivity index (χ3v) is 3.07. The number of amides is 1. The minimum Gasteiger partial charge on any atom is -0.326 e. The Bertz CT molecular complexity index is 601. The van der Waals surface area contributed by atoms with Gasteiger partial charge in [-0.1, -0.05) is 12.1 Å². The summed E-state index contributed by atoms with van der Waals surface area (Å²) in [4.78, 5) is 11.8. The molecular formula is C14H21ClN6O. The van der Waals surface area contributed by atoms with Gasteiger partial charge in [-0.3, -0.25) is 4.79 Å². The molecule has 120 valence electrons. The number of carbonyl (C=O) groups excluding carboxylic acids is 1. The van der Waals surface area contributed by atoms with E-state index in [1.165, 1.54) is 0 Å². The summed E-state index contributed by atoms with van der Waals surface area (Å²) < 4.78 is 1.72. The summed E-state index contributed by atoms with van der Waals surface area (Å²) in [7, 11) is 1.87. The number of hydrogen-bond donors (Lipinski definition) is 2. The highest BCUT2D eigenvalue weighted by molar-refractivity contribution is 5.91. The van der Waals surface area contributed by atoms with Gasteiger partial charge in [-0.15, -0.1) is 17.5 Å². The highest BCUT2D eigenvalue weighted by atomic mass is 35.5. The van der Waals surface area contributed by atoms with Crippen LogP contribution in [0.4, 0.5) is 5.69 Å². The highest BCUT2D eigenvalue weighted by Crippen LogP contribution is 2.20. The molecule has 0 aliphatic rings. The number of aromatic nitrogens is 4. The minimum absolute atomic E-state index is 0. The van der Waals surface area contributed by atoms with Gasteiger partial charge in [0.2, 0.25) is 5.91 Å². The third kappa shape index (κ3) is 4.78. The Morgan fingerprint density at radius 2 is 2.18 bits per heavy atom. The van der Waals surface area contributed by atoms with Crippen LogP contribution in [0.25, 0.3) is 11.4 Å². The van der Waals surface area contributed by atoms with Crippen LogP contribution in [-0.2, 0) is 11.3 Å². The molecule has 2 N–H and O–H groups in total. The summed E-state index contributed by atoms with van der Waals surface area (Å²) >= 11 is 0. The zero-order valence-electron chi connectivity index (χ0n) is 12.7. The molecule has 0 fully saturated rings. The minimum atomic E-state index is 0. The molecule has 8 heteroatoms. The van der Waals surface area contributed by atoms with E-state index in [2.05, 4.69) is 26.2 Å². The number of nitrogens with zero attached hydrogens (tertiary/aromatic N) is 4. The van der Waals surface area contributed by atoms with Crippen LogP contribution in [-0.4, -0.2) is 39.7 Å². The van der Waals surface area contributed by atoms with Crippen LogP contribution >= 0.6 is 12.4 Å². The molecule has 0 aliphatic heterocycles. The molecule has 22 heavy (non-hydrogen) atoms. The highest BCUT2D eigenvalue weighted by Gasteiger charge is 2.09. The molecule has 1 aromatic heterocycles. The van der Waals surface area contributed by atoms with Gasteiger partial charge in [-0.25, -0.2) is 4.68 Å². The Morgan fingerprint density at radius 3 is 2.91 bits per heavy atom. The number of aryl methyl sites for hydroxylation is 1. The van der Waals surface area contributed by atoms with E-state index in [0.717, 1.165) is 24.2 Å². The van der Waals surface area contributed by atoms with Gasteiger partial charge in [0.05, 0.1) is 0 Å². The van der Waals surface area contributed by atoms with Crippen molar-refractivity contribution in [3.8, 4) is 11.4 Å². The van der Waals surface area contributed by atoms with E-state index in [9.17, 15) is 4.79 Å². The molecular weight excluding hydrogens is 304 g/mol. The predicted octanol–water partition coefficient (Wildman–Crippen LogP) is 1.72. The third-order valence-electron chi connectivity index (χ3n) is 3.07. The summed E-state index contributed by atoms with van der Waals surface area (Å²) in [6, 6.07) is 7.55. The molecule has 7 nitrogen and oxygen atoms in total. The molecule has 1 amide bonds. The molecule has 0 spiro atoms. The molecule has 0 unspecified atom stereocenters. The van der Waals surface area contributed by atoms with Crippen molar-refractivity contribution in [1.82, 2.24) is 25.5 Å². The summed E-state index contributed by atoms with van der Waals surface area (Å²) in [5, 5.41) is 17.5. The van der Waals surface area contributed by atoms with Crippen molar-refractivity contribution in [3.63, 3.8) is 0 Å². The van der Waals surface area contributed by atoms with Gasteiger partial charge in [0, 0.05) is 24.2 Å². The summed E-state index contributed by atoms with van der Waals surface area (Å²) in [6.07, 6.45) is 1.31. The fourth-order valence-electron chi connectivity index (χ4n) is 2.01. The number of anilines is 1. The Labute approximate surface area is 135 Å². The van der Waals surface area contributed by atoms with Crippen LogP contribution in [0, 0.1) is 0 Å². The van der Waals surface area contributed by atoms with E-state index in [1.54, 1.807) is 4.68 Å². The second-order valence-corrected chi connectivity index (χ2v) is 4.65. The van der Waals surface area contributed by atoms with Crippen molar-refractivity contribution in [2.24, 2.45) is 0 Å². The van der Waals surface area contributed by atoms with E-state index in [4.69, 9.17) is 0 Å². The molecule has 2 aromatic rings. The van der Waals surface area contributed by atoms with Crippen molar-refractivity contribution in [3.05, 3.63) is 24.3 Å². The molecule has 0 atom stereocenters. The van der Waals surface area contributed by atoms with Crippen molar-refractivity contribution in [2.45, 2.75) is 26.3 Å². The smallest absolute Gasteiger partial charge is 0.224 e. The predicted molar refractivity (Wildman–Crippen MR) is 88.0 cm³/mol. The number of carbonyl (C=O) groups is 1. The van der Waals surface area contributed by atoms with Crippen LogP contribution in [0.5, 0.6) is 0 Å². The molecule has 0 bridgehead atoms. The van der Waals surface area contributed by atoms with Gasteiger partial charge in [-0.2, -0.15) is 0 Å². The summed E-state index contributed by atoms with van der Waals surface area (Å²) in [5.41, 5.74) is 1.64. The van der Waals surface area contributed by atoms with Crippen molar-refractivity contribution in [1.29, 1.82) is 0 Å². The lowest BCUT2D eigenvalue weighted by molar-refractivity contribution is -0.116. The lowest BCUT2D eigenvalue weighted by atomic mass is 10.2. The zero-order valence-corrected chi connectivity index (χ0v) is 13.6. The van der Waals surface area contributed by atoms with Crippen LogP contribution in [0.1, 0.15) is 19.8 Å². The molecule has 2 rings (SSSR count). The first kappa shape index (κ1) is 18.1. The number of halogens is 1. The van der Waals surface area contributed by atoms with Crippen LogP contribution in [0.15, 0.2) is 24.3 Å². The molecule has 1 aromatic carbocycles. The standard InChI is InChI=1S/C14H20N6O.ClH/c1-3-20-14(17-18-19-20)11-6-4-7-12(10-11)16-13(21)8-5-9-15-2;/h4,6-7,10,15H,3,5,8-9H2,1-2H3,(H,16,21);1H. The zero-order chi connectivity index (χ0) is 15.1. The quantitative estimate of drug-likeness (QED) is 0.757. The molecule has 0 saturated heterocycles. The van der Waals surface area contributed by atoms with Gasteiger partial charge in [0.1, 0.15) is 0 Å². The van der Waals surface area contributed by atoms with Gasteiger partial charge in [0.25, 0.3) is 0 Å². The number of nitrogens with one attached hydrogen (secondary N) is 2. The van der Waals surface area contributed by atoms with Gasteiger partial charge < -0.3 is 10.6 Å². The fraction of sp³-hybridized carbons (Fsp3) is 0.429. The average molecular weight is 325 g/mol. The SMILES string of the molecule is CCn1nnnc1-c1cccc(NC(=O)CCCNC)c1.Cl. The first-order valence-electron chi connectivity index (χ1n) is 7.05. The molecule has 1 heterocycles. The Morgan fingerprint density at radius 1 is 1.36 bits per heavy atom. The van der Waals surface area contributed by atoms with Gasteiger partial charge in [0.15, 0.2) is 5.82 Å². The van der Waals surface area contributed by atoms with Crippen LogP contribution < -0.4 is 10.6 Å². The molecule has 0 radical (unpaired) electrons. The van der Waals surface area contributed by atoms with E-state index < -0.39 is 0 Å². The topological polar surface area (TPSA) is 84.7 Å². The molecule has 0 aliphatic carbocycles. The lowest BCUT2D eigenvalue weighted by Crippen LogP contribution is -2.15. The van der Waals surface area contributed by atoms with E-state index in [1.807, 2.05) is 38.2 Å². The monoisotopic (exact) mass is 324 g/mol. The summed E-state index contributed by atoms with van der Waals surface area (Å²) in [6.45, 7) is 3.51. The lowest BCUT2D eigenvalue weighted by Gasteiger charge is -2.07. The Hall–Kier alpha value is -1.99. The van der Waals surface area contributed by atoms with Gasteiger partial charge >= 0.3 is 0 Å². The normalized spacial score (nSPS) is 10.1. The van der Waals surface area contributed by atoms with E-state index in [0.29, 0.717) is 18.8 Å². The van der Waals surface area contributed by atoms with Crippen LogP contribution in [0.2, 0.25) is 0 Å². The van der Waals surface area contributed by atoms with Gasteiger partial charge in [-0.05, 0) is 49.5 Å². The Kier molecular flexibility index (Phi) is 7.48. The average Bonchev–Trinajstić information content (AvgIpc) is 2.96. The maximum atomic E-state index is 11.8. The summed E-state index contributed by atoms with van der Waals surface area (Å²) in [5.74, 6) is 0.710. The van der Waals surface area contributed by atoms with E-state index in [-0.39, 0.29) is 18.3 Å². The number of hydrogen-bond acceptors (Lipinski definition) is 5. The van der Waals surface area contributed by atoms with E-state index >= 15 is 0 Å². The van der Waals surface area contributed by atoms with Crippen molar-refractivity contribution in [2.75, 3.05) is 18.9 Å². The number of tetrazole rings is 1. The second kappa shape index (κ2) is 9.11. The van der Waals surface area contributed by atoms with Crippen molar-refractivity contribution >= 4 is 24.0 Å². The maximum Gasteiger partial charge on any atom is 0.224 e. The number of rotatable bonds is 7. The second-order valence-electron chi connectivity index (χ2n) is 4.65. The maximum absolute atomic E-state index is 11.8.